The fourth-order valence-corrected chi connectivity index (χ4v) is 1.98. The molecule has 3 rings (SSSR count). The Bertz CT molecular complexity index is 699. The molecule has 2 aromatic heterocycles. The molecular formula is C12H7ClN2O2. The van der Waals surface area contributed by atoms with Crippen LogP contribution in [0.1, 0.15) is 10.6 Å². The molecule has 4 nitrogen and oxygen atoms in total. The van der Waals surface area contributed by atoms with Gasteiger partial charge in [-0.05, 0) is 24.3 Å². The number of aromatic nitrogens is 2. The molecule has 0 fully saturated rings. The van der Waals surface area contributed by atoms with E-state index in [9.17, 15) is 4.79 Å². The lowest BCUT2D eigenvalue weighted by molar-refractivity contribution is 0.110. The molecule has 0 atom stereocenters. The van der Waals surface area contributed by atoms with E-state index in [0.29, 0.717) is 17.1 Å². The fourth-order valence-electron chi connectivity index (χ4n) is 1.71. The molecule has 5 heteroatoms. The van der Waals surface area contributed by atoms with E-state index in [1.165, 1.54) is 0 Å². The first-order valence-electron chi connectivity index (χ1n) is 4.96. The van der Waals surface area contributed by atoms with Gasteiger partial charge < -0.3 is 4.42 Å². The van der Waals surface area contributed by atoms with E-state index < -0.39 is 0 Å². The molecular weight excluding hydrogens is 240 g/mol. The Hall–Kier alpha value is -2.07. The Morgan fingerprint density at radius 2 is 2.24 bits per heavy atom. The molecule has 3 aromatic rings. The number of H-pyrrole nitrogens is 1. The second kappa shape index (κ2) is 3.75. The Morgan fingerprint density at radius 3 is 3.00 bits per heavy atom. The number of carbonyl (C=O) groups excluding carboxylic acids is 1. The molecule has 0 amide bonds. The third-order valence-electron chi connectivity index (χ3n) is 2.54. The molecule has 0 aliphatic rings. The van der Waals surface area contributed by atoms with Crippen LogP contribution in [0.3, 0.4) is 0 Å². The minimum atomic E-state index is 0.278. The molecule has 0 aliphatic carbocycles. The van der Waals surface area contributed by atoms with Crippen molar-refractivity contribution in [3.8, 4) is 11.3 Å². The summed E-state index contributed by atoms with van der Waals surface area (Å²) in [6, 6.07) is 6.97. The van der Waals surface area contributed by atoms with Gasteiger partial charge in [-0.15, -0.1) is 0 Å². The van der Waals surface area contributed by atoms with Crippen LogP contribution in [-0.2, 0) is 0 Å². The number of fused-ring (bicyclic) bond motifs is 1. The summed E-state index contributed by atoms with van der Waals surface area (Å²) in [5.41, 5.74) is 1.60. The van der Waals surface area contributed by atoms with Gasteiger partial charge in [0.05, 0.1) is 16.7 Å². The quantitative estimate of drug-likeness (QED) is 0.706. The van der Waals surface area contributed by atoms with Gasteiger partial charge in [0.1, 0.15) is 5.76 Å². The van der Waals surface area contributed by atoms with Crippen molar-refractivity contribution in [2.75, 3.05) is 0 Å². The van der Waals surface area contributed by atoms with E-state index in [2.05, 4.69) is 10.2 Å². The highest BCUT2D eigenvalue weighted by Crippen LogP contribution is 2.32. The zero-order valence-electron chi connectivity index (χ0n) is 8.61. The van der Waals surface area contributed by atoms with Crippen molar-refractivity contribution in [3.05, 3.63) is 41.2 Å². The van der Waals surface area contributed by atoms with Crippen LogP contribution in [-0.4, -0.2) is 16.5 Å². The molecule has 0 radical (unpaired) electrons. The lowest BCUT2D eigenvalue weighted by Gasteiger charge is -2.00. The van der Waals surface area contributed by atoms with Gasteiger partial charge in [-0.1, -0.05) is 11.6 Å². The van der Waals surface area contributed by atoms with E-state index in [-0.39, 0.29) is 5.76 Å². The monoisotopic (exact) mass is 246 g/mol. The first-order valence-corrected chi connectivity index (χ1v) is 5.34. The molecule has 0 unspecified atom stereocenters. The molecule has 0 aliphatic heterocycles. The van der Waals surface area contributed by atoms with Crippen molar-refractivity contribution in [1.29, 1.82) is 0 Å². The smallest absolute Gasteiger partial charge is 0.185 e. The first kappa shape index (κ1) is 10.1. The molecule has 17 heavy (non-hydrogen) atoms. The second-order valence-electron chi connectivity index (χ2n) is 3.61. The molecule has 0 bridgehead atoms. The molecule has 1 aromatic carbocycles. The number of aromatic amines is 1. The number of halogens is 1. The highest BCUT2D eigenvalue weighted by Gasteiger charge is 2.10. The van der Waals surface area contributed by atoms with Crippen molar-refractivity contribution >= 4 is 28.8 Å². The summed E-state index contributed by atoms with van der Waals surface area (Å²) >= 11 is 6.16. The molecule has 0 saturated carbocycles. The number of benzene rings is 1. The van der Waals surface area contributed by atoms with Gasteiger partial charge in [-0.2, -0.15) is 5.10 Å². The number of hydrogen-bond donors (Lipinski definition) is 1. The van der Waals surface area contributed by atoms with Crippen molar-refractivity contribution in [3.63, 3.8) is 0 Å². The largest absolute Gasteiger partial charge is 0.453 e. The SMILES string of the molecule is O=Cc1ccc(-c2cc3[nH]ncc3cc2Cl)o1. The van der Waals surface area contributed by atoms with Crippen LogP contribution in [0.25, 0.3) is 22.2 Å². The van der Waals surface area contributed by atoms with Crippen LogP contribution < -0.4 is 0 Å². The Balaban J connectivity index is 2.21. The normalized spacial score (nSPS) is 10.9. The van der Waals surface area contributed by atoms with Gasteiger partial charge in [0.25, 0.3) is 0 Å². The lowest BCUT2D eigenvalue weighted by Crippen LogP contribution is -1.78. The number of nitrogens with one attached hydrogen (secondary N) is 1. The third-order valence-corrected chi connectivity index (χ3v) is 2.85. The number of aldehydes is 1. The Kier molecular flexibility index (Phi) is 2.23. The maximum atomic E-state index is 10.6. The summed E-state index contributed by atoms with van der Waals surface area (Å²) in [4.78, 5) is 10.6. The topological polar surface area (TPSA) is 58.9 Å². The van der Waals surface area contributed by atoms with Crippen LogP contribution in [0, 0.1) is 0 Å². The highest BCUT2D eigenvalue weighted by molar-refractivity contribution is 6.34. The number of nitrogens with zero attached hydrogens (tertiary/aromatic N) is 1. The Morgan fingerprint density at radius 1 is 1.35 bits per heavy atom. The summed E-state index contributed by atoms with van der Waals surface area (Å²) in [5, 5.41) is 8.28. The van der Waals surface area contributed by atoms with E-state index >= 15 is 0 Å². The number of carbonyl (C=O) groups is 1. The second-order valence-corrected chi connectivity index (χ2v) is 4.02. The zero-order valence-corrected chi connectivity index (χ0v) is 9.36. The van der Waals surface area contributed by atoms with Crippen molar-refractivity contribution < 1.29 is 9.21 Å². The van der Waals surface area contributed by atoms with E-state index in [1.807, 2.05) is 6.07 Å². The van der Waals surface area contributed by atoms with Crippen molar-refractivity contribution in [2.24, 2.45) is 0 Å². The average Bonchev–Trinajstić information content (AvgIpc) is 2.94. The van der Waals surface area contributed by atoms with Gasteiger partial charge in [-0.25, -0.2) is 0 Å². The van der Waals surface area contributed by atoms with Gasteiger partial charge in [-0.3, -0.25) is 9.89 Å². The molecule has 84 valence electrons. The Labute approximate surface area is 101 Å². The minimum Gasteiger partial charge on any atom is -0.453 e. The highest BCUT2D eigenvalue weighted by atomic mass is 35.5. The number of rotatable bonds is 2. The number of hydrogen-bond acceptors (Lipinski definition) is 3. The minimum absolute atomic E-state index is 0.278. The zero-order chi connectivity index (χ0) is 11.8. The molecule has 2 heterocycles. The summed E-state index contributed by atoms with van der Waals surface area (Å²) in [7, 11) is 0. The van der Waals surface area contributed by atoms with Gasteiger partial charge in [0, 0.05) is 10.9 Å². The standard InChI is InChI=1S/C12H7ClN2O2/c13-10-3-7-5-14-15-11(7)4-9(10)12-2-1-8(6-16)17-12/h1-6H,(H,14,15). The van der Waals surface area contributed by atoms with Crippen LogP contribution in [0.4, 0.5) is 0 Å². The van der Waals surface area contributed by atoms with E-state index in [0.717, 1.165) is 16.5 Å². The predicted molar refractivity (Wildman–Crippen MR) is 64.2 cm³/mol. The van der Waals surface area contributed by atoms with Gasteiger partial charge >= 0.3 is 0 Å². The maximum Gasteiger partial charge on any atom is 0.185 e. The fraction of sp³-hybridized carbons (Fsp3) is 0. The summed E-state index contributed by atoms with van der Waals surface area (Å²) in [5.74, 6) is 0.842. The van der Waals surface area contributed by atoms with Gasteiger partial charge in [0.15, 0.2) is 12.0 Å². The van der Waals surface area contributed by atoms with Crippen molar-refractivity contribution in [1.82, 2.24) is 10.2 Å². The molecule has 0 spiro atoms. The van der Waals surface area contributed by atoms with Gasteiger partial charge in [0.2, 0.25) is 0 Å². The summed E-state index contributed by atoms with van der Waals surface area (Å²) in [6.07, 6.45) is 2.36. The summed E-state index contributed by atoms with van der Waals surface area (Å²) in [6.45, 7) is 0. The van der Waals surface area contributed by atoms with Crippen LogP contribution in [0.5, 0.6) is 0 Å². The maximum absolute atomic E-state index is 10.6. The summed E-state index contributed by atoms with van der Waals surface area (Å²) < 4.78 is 5.34. The van der Waals surface area contributed by atoms with Crippen LogP contribution in [0.2, 0.25) is 5.02 Å². The first-order chi connectivity index (χ1) is 8.28. The average molecular weight is 247 g/mol. The molecule has 1 N–H and O–H groups in total. The van der Waals surface area contributed by atoms with Crippen LogP contribution >= 0.6 is 11.6 Å². The third kappa shape index (κ3) is 1.62. The predicted octanol–water partition coefficient (Wildman–Crippen LogP) is 3.29. The molecule has 0 saturated heterocycles. The van der Waals surface area contributed by atoms with E-state index in [4.69, 9.17) is 16.0 Å². The lowest BCUT2D eigenvalue weighted by atomic mass is 10.1. The van der Waals surface area contributed by atoms with Crippen molar-refractivity contribution in [2.45, 2.75) is 0 Å². The van der Waals surface area contributed by atoms with Crippen LogP contribution in [0.15, 0.2) is 34.9 Å². The van der Waals surface area contributed by atoms with E-state index in [1.54, 1.807) is 24.4 Å². The number of furan rings is 1.